The fourth-order valence-corrected chi connectivity index (χ4v) is 2.48. The van der Waals surface area contributed by atoms with E-state index in [2.05, 4.69) is 12.2 Å². The van der Waals surface area contributed by atoms with Gasteiger partial charge in [-0.25, -0.2) is 0 Å². The molecule has 0 aromatic heterocycles. The lowest BCUT2D eigenvalue weighted by atomic mass is 10.0. The van der Waals surface area contributed by atoms with Crippen molar-refractivity contribution >= 4 is 5.91 Å². The highest BCUT2D eigenvalue weighted by atomic mass is 16.5. The Bertz CT molecular complexity index is 239. The Morgan fingerprint density at radius 1 is 1.38 bits per heavy atom. The first-order valence-electron chi connectivity index (χ1n) is 6.40. The molecule has 0 bridgehead atoms. The lowest BCUT2D eigenvalue weighted by Crippen LogP contribution is -2.45. The molecule has 1 amide bonds. The number of hydrogen-bond acceptors (Lipinski definition) is 3. The van der Waals surface area contributed by atoms with Gasteiger partial charge in [0.05, 0.1) is 6.10 Å². The van der Waals surface area contributed by atoms with Gasteiger partial charge in [-0.05, 0) is 39.2 Å². The Hall–Kier alpha value is -0.610. The molecule has 4 nitrogen and oxygen atoms in total. The molecule has 0 aromatic rings. The summed E-state index contributed by atoms with van der Waals surface area (Å²) in [5, 5.41) is 3.38. The monoisotopic (exact) mass is 226 g/mol. The number of nitrogens with zero attached hydrogens (tertiary/aromatic N) is 1. The first kappa shape index (κ1) is 11.9. The Balaban J connectivity index is 1.71. The van der Waals surface area contributed by atoms with Crippen molar-refractivity contribution in [3.63, 3.8) is 0 Å². The lowest BCUT2D eigenvalue weighted by Gasteiger charge is -2.30. The summed E-state index contributed by atoms with van der Waals surface area (Å²) >= 11 is 0. The molecule has 0 spiro atoms. The SMILES string of the molecule is CC1NCCCC1OCC(=O)N1CCCC1. The van der Waals surface area contributed by atoms with E-state index in [-0.39, 0.29) is 18.6 Å². The highest BCUT2D eigenvalue weighted by molar-refractivity contribution is 5.77. The number of ether oxygens (including phenoxy) is 1. The highest BCUT2D eigenvalue weighted by Gasteiger charge is 2.24. The third kappa shape index (κ3) is 2.95. The molecule has 0 saturated carbocycles. The minimum absolute atomic E-state index is 0.162. The largest absolute Gasteiger partial charge is 0.367 e. The van der Waals surface area contributed by atoms with Crippen LogP contribution in [-0.4, -0.2) is 49.2 Å². The number of carbonyl (C=O) groups is 1. The van der Waals surface area contributed by atoms with Gasteiger partial charge < -0.3 is 15.0 Å². The van der Waals surface area contributed by atoms with Crippen LogP contribution in [0.4, 0.5) is 0 Å². The zero-order valence-electron chi connectivity index (χ0n) is 10.1. The van der Waals surface area contributed by atoms with E-state index >= 15 is 0 Å². The van der Waals surface area contributed by atoms with Crippen LogP contribution in [0.3, 0.4) is 0 Å². The fraction of sp³-hybridized carbons (Fsp3) is 0.917. The predicted octanol–water partition coefficient (Wildman–Crippen LogP) is 0.766. The average molecular weight is 226 g/mol. The zero-order chi connectivity index (χ0) is 11.4. The van der Waals surface area contributed by atoms with Crippen LogP contribution in [0.15, 0.2) is 0 Å². The second-order valence-corrected chi connectivity index (χ2v) is 4.82. The van der Waals surface area contributed by atoms with Crippen LogP contribution in [0.2, 0.25) is 0 Å². The summed E-state index contributed by atoms with van der Waals surface area (Å²) in [6, 6.07) is 0.375. The number of rotatable bonds is 3. The van der Waals surface area contributed by atoms with Gasteiger partial charge in [0, 0.05) is 19.1 Å². The van der Waals surface area contributed by atoms with E-state index in [1.54, 1.807) is 0 Å². The Morgan fingerprint density at radius 2 is 2.12 bits per heavy atom. The summed E-state index contributed by atoms with van der Waals surface area (Å²) in [7, 11) is 0. The van der Waals surface area contributed by atoms with E-state index in [4.69, 9.17) is 4.74 Å². The first-order chi connectivity index (χ1) is 7.77. The maximum absolute atomic E-state index is 11.8. The topological polar surface area (TPSA) is 41.6 Å². The summed E-state index contributed by atoms with van der Waals surface area (Å²) in [5.41, 5.74) is 0. The molecular weight excluding hydrogens is 204 g/mol. The van der Waals surface area contributed by atoms with Crippen molar-refractivity contribution in [1.29, 1.82) is 0 Å². The van der Waals surface area contributed by atoms with E-state index in [9.17, 15) is 4.79 Å². The molecule has 2 aliphatic rings. The molecule has 2 saturated heterocycles. The van der Waals surface area contributed by atoms with Crippen molar-refractivity contribution in [2.45, 2.75) is 44.8 Å². The number of likely N-dealkylation sites (tertiary alicyclic amines) is 1. The molecule has 1 N–H and O–H groups in total. The van der Waals surface area contributed by atoms with Crippen molar-refractivity contribution in [2.24, 2.45) is 0 Å². The molecule has 0 radical (unpaired) electrons. The van der Waals surface area contributed by atoms with Crippen LogP contribution in [-0.2, 0) is 9.53 Å². The van der Waals surface area contributed by atoms with Crippen molar-refractivity contribution in [3.05, 3.63) is 0 Å². The van der Waals surface area contributed by atoms with Gasteiger partial charge in [0.1, 0.15) is 6.61 Å². The molecule has 2 heterocycles. The van der Waals surface area contributed by atoms with Gasteiger partial charge in [0.15, 0.2) is 0 Å². The Kier molecular flexibility index (Phi) is 4.18. The van der Waals surface area contributed by atoms with E-state index in [1.807, 2.05) is 4.90 Å². The molecule has 16 heavy (non-hydrogen) atoms. The second kappa shape index (κ2) is 5.64. The summed E-state index contributed by atoms with van der Waals surface area (Å²) in [4.78, 5) is 13.7. The number of hydrogen-bond donors (Lipinski definition) is 1. The molecule has 2 atom stereocenters. The molecule has 2 rings (SSSR count). The van der Waals surface area contributed by atoms with E-state index in [1.165, 1.54) is 0 Å². The van der Waals surface area contributed by atoms with Gasteiger partial charge in [-0.15, -0.1) is 0 Å². The van der Waals surface area contributed by atoms with Crippen LogP contribution in [0, 0.1) is 0 Å². The predicted molar refractivity (Wildman–Crippen MR) is 62.3 cm³/mol. The van der Waals surface area contributed by atoms with Gasteiger partial charge in [0.25, 0.3) is 0 Å². The normalized spacial score (nSPS) is 30.7. The number of amides is 1. The van der Waals surface area contributed by atoms with Crippen LogP contribution < -0.4 is 5.32 Å². The van der Waals surface area contributed by atoms with Gasteiger partial charge in [0.2, 0.25) is 5.91 Å². The quantitative estimate of drug-likeness (QED) is 0.772. The second-order valence-electron chi connectivity index (χ2n) is 4.82. The maximum atomic E-state index is 11.8. The molecule has 92 valence electrons. The number of piperidine rings is 1. The van der Waals surface area contributed by atoms with Crippen molar-refractivity contribution in [3.8, 4) is 0 Å². The summed E-state index contributed by atoms with van der Waals surface area (Å²) in [5.74, 6) is 0.162. The summed E-state index contributed by atoms with van der Waals surface area (Å²) in [6.07, 6.45) is 4.72. The average Bonchev–Trinajstić information content (AvgIpc) is 2.81. The standard InChI is InChI=1S/C12H22N2O2/c1-10-11(5-4-6-13-10)16-9-12(15)14-7-2-3-8-14/h10-11,13H,2-9H2,1H3. The number of carbonyl (C=O) groups excluding carboxylic acids is 1. The molecular formula is C12H22N2O2. The minimum atomic E-state index is 0.162. The van der Waals surface area contributed by atoms with Gasteiger partial charge >= 0.3 is 0 Å². The molecule has 2 aliphatic heterocycles. The summed E-state index contributed by atoms with van der Waals surface area (Å²) < 4.78 is 5.72. The molecule has 0 aromatic carbocycles. The van der Waals surface area contributed by atoms with E-state index in [0.29, 0.717) is 6.04 Å². The van der Waals surface area contributed by atoms with Crippen LogP contribution in [0.5, 0.6) is 0 Å². The van der Waals surface area contributed by atoms with E-state index in [0.717, 1.165) is 45.3 Å². The molecule has 4 heteroatoms. The van der Waals surface area contributed by atoms with Crippen LogP contribution in [0.25, 0.3) is 0 Å². The lowest BCUT2D eigenvalue weighted by molar-refractivity contribution is -0.138. The third-order valence-electron chi connectivity index (χ3n) is 3.57. The fourth-order valence-electron chi connectivity index (χ4n) is 2.48. The number of nitrogens with one attached hydrogen (secondary N) is 1. The van der Waals surface area contributed by atoms with Crippen LogP contribution >= 0.6 is 0 Å². The maximum Gasteiger partial charge on any atom is 0.248 e. The Morgan fingerprint density at radius 3 is 2.81 bits per heavy atom. The molecule has 0 aliphatic carbocycles. The van der Waals surface area contributed by atoms with Gasteiger partial charge in [-0.2, -0.15) is 0 Å². The van der Waals surface area contributed by atoms with Gasteiger partial charge in [-0.3, -0.25) is 4.79 Å². The Labute approximate surface area is 97.3 Å². The van der Waals surface area contributed by atoms with Gasteiger partial charge in [-0.1, -0.05) is 0 Å². The minimum Gasteiger partial charge on any atom is -0.367 e. The zero-order valence-corrected chi connectivity index (χ0v) is 10.1. The van der Waals surface area contributed by atoms with Crippen molar-refractivity contribution < 1.29 is 9.53 Å². The van der Waals surface area contributed by atoms with Crippen LogP contribution in [0.1, 0.15) is 32.6 Å². The smallest absolute Gasteiger partial charge is 0.248 e. The molecule has 2 unspecified atom stereocenters. The first-order valence-corrected chi connectivity index (χ1v) is 6.40. The molecule has 2 fully saturated rings. The van der Waals surface area contributed by atoms with E-state index < -0.39 is 0 Å². The van der Waals surface area contributed by atoms with Crippen molar-refractivity contribution in [1.82, 2.24) is 10.2 Å². The third-order valence-corrected chi connectivity index (χ3v) is 3.57. The van der Waals surface area contributed by atoms with Crippen molar-refractivity contribution in [2.75, 3.05) is 26.2 Å². The summed E-state index contributed by atoms with van der Waals surface area (Å²) in [6.45, 7) is 5.29. The highest BCUT2D eigenvalue weighted by Crippen LogP contribution is 2.13.